The molecule has 1 aliphatic heterocycles. The topological polar surface area (TPSA) is 43.2 Å². The molecule has 1 aliphatic rings. The van der Waals surface area contributed by atoms with Crippen molar-refractivity contribution in [3.05, 3.63) is 59.4 Å². The minimum absolute atomic E-state index is 0.00393. The highest BCUT2D eigenvalue weighted by atomic mass is 19.1. The van der Waals surface area contributed by atoms with Crippen molar-refractivity contribution in [3.8, 4) is 11.5 Å². The first-order valence-corrected chi connectivity index (χ1v) is 8.70. The van der Waals surface area contributed by atoms with Gasteiger partial charge in [-0.2, -0.15) is 0 Å². The van der Waals surface area contributed by atoms with Crippen LogP contribution in [-0.4, -0.2) is 51.2 Å². The van der Waals surface area contributed by atoms with Crippen LogP contribution in [0.4, 0.5) is 4.39 Å². The third kappa shape index (κ3) is 4.14. The average molecular weight is 359 g/mol. The number of ether oxygens (including phenoxy) is 2. The van der Waals surface area contributed by atoms with E-state index in [-0.39, 0.29) is 11.7 Å². The normalized spacial score (nSPS) is 15.0. The van der Waals surface area contributed by atoms with Gasteiger partial charge in [0.05, 0.1) is 40.4 Å². The summed E-state index contributed by atoms with van der Waals surface area (Å²) in [5, 5.41) is 0. The van der Waals surface area contributed by atoms with Crippen molar-refractivity contribution in [2.75, 3.05) is 40.4 Å². The molecule has 1 amide bonds. The van der Waals surface area contributed by atoms with Crippen LogP contribution in [0.25, 0.3) is 0 Å². The first-order chi connectivity index (χ1) is 12.6. The lowest BCUT2D eigenvalue weighted by Crippen LogP contribution is -3.13. The van der Waals surface area contributed by atoms with Crippen LogP contribution in [0.5, 0.6) is 11.5 Å². The molecule has 0 saturated carbocycles. The smallest absolute Gasteiger partial charge is 0.254 e. The van der Waals surface area contributed by atoms with E-state index in [0.29, 0.717) is 30.2 Å². The summed E-state index contributed by atoms with van der Waals surface area (Å²) in [6.07, 6.45) is 0. The Morgan fingerprint density at radius 3 is 2.46 bits per heavy atom. The molecule has 1 fully saturated rings. The largest absolute Gasteiger partial charge is 0.493 e. The number of hydrogen-bond acceptors (Lipinski definition) is 3. The lowest BCUT2D eigenvalue weighted by Gasteiger charge is -2.32. The first kappa shape index (κ1) is 18.2. The summed E-state index contributed by atoms with van der Waals surface area (Å²) in [5.74, 6) is 0.946. The quantitative estimate of drug-likeness (QED) is 0.877. The number of carbonyl (C=O) groups excluding carboxylic acids is 1. The highest BCUT2D eigenvalue weighted by Crippen LogP contribution is 2.28. The summed E-state index contributed by atoms with van der Waals surface area (Å²) in [4.78, 5) is 16.0. The molecule has 0 spiro atoms. The highest BCUT2D eigenvalue weighted by Gasteiger charge is 2.25. The number of hydrogen-bond donors (Lipinski definition) is 1. The summed E-state index contributed by atoms with van der Waals surface area (Å²) < 4.78 is 23.8. The number of nitrogens with zero attached hydrogens (tertiary/aromatic N) is 1. The fourth-order valence-corrected chi connectivity index (χ4v) is 3.29. The molecule has 2 aromatic rings. The molecule has 1 heterocycles. The Morgan fingerprint density at radius 2 is 1.81 bits per heavy atom. The predicted molar refractivity (Wildman–Crippen MR) is 96.3 cm³/mol. The molecule has 0 aliphatic carbocycles. The SMILES string of the molecule is COc1ccc(C(=O)N2CC[NH+](Cc3cccc(F)c3)CC2)cc1OC. The molecule has 0 bridgehead atoms. The zero-order valence-corrected chi connectivity index (χ0v) is 15.1. The van der Waals surface area contributed by atoms with Gasteiger partial charge in [-0.1, -0.05) is 12.1 Å². The van der Waals surface area contributed by atoms with Gasteiger partial charge in [0.1, 0.15) is 12.4 Å². The lowest BCUT2D eigenvalue weighted by molar-refractivity contribution is -0.917. The van der Waals surface area contributed by atoms with Gasteiger partial charge in [-0.05, 0) is 30.3 Å². The van der Waals surface area contributed by atoms with Crippen LogP contribution in [0.1, 0.15) is 15.9 Å². The van der Waals surface area contributed by atoms with Crippen LogP contribution in [0, 0.1) is 5.82 Å². The summed E-state index contributed by atoms with van der Waals surface area (Å²) in [5.41, 5.74) is 1.58. The number of nitrogens with one attached hydrogen (secondary N) is 1. The molecule has 1 N–H and O–H groups in total. The van der Waals surface area contributed by atoms with Crippen LogP contribution >= 0.6 is 0 Å². The van der Waals surface area contributed by atoms with Crippen molar-refractivity contribution < 1.29 is 23.6 Å². The maximum absolute atomic E-state index is 13.3. The van der Waals surface area contributed by atoms with E-state index in [9.17, 15) is 9.18 Å². The maximum Gasteiger partial charge on any atom is 0.254 e. The van der Waals surface area contributed by atoms with Gasteiger partial charge in [-0.3, -0.25) is 4.79 Å². The second-order valence-corrected chi connectivity index (χ2v) is 6.42. The van der Waals surface area contributed by atoms with Crippen LogP contribution in [-0.2, 0) is 6.54 Å². The molecule has 138 valence electrons. The van der Waals surface area contributed by atoms with E-state index in [1.807, 2.05) is 11.0 Å². The first-order valence-electron chi connectivity index (χ1n) is 8.70. The molecular weight excluding hydrogens is 335 g/mol. The van der Waals surface area contributed by atoms with Crippen LogP contribution in [0.15, 0.2) is 42.5 Å². The van der Waals surface area contributed by atoms with Crippen molar-refractivity contribution in [2.45, 2.75) is 6.54 Å². The van der Waals surface area contributed by atoms with Crippen molar-refractivity contribution in [1.82, 2.24) is 4.90 Å². The lowest BCUT2D eigenvalue weighted by atomic mass is 10.1. The number of carbonyl (C=O) groups is 1. The Labute approximate surface area is 152 Å². The second kappa shape index (κ2) is 8.19. The predicted octanol–water partition coefficient (Wildman–Crippen LogP) is 1.38. The minimum atomic E-state index is -0.204. The minimum Gasteiger partial charge on any atom is -0.493 e. The molecule has 0 radical (unpaired) electrons. The molecule has 6 heteroatoms. The van der Waals surface area contributed by atoms with Crippen molar-refractivity contribution in [2.24, 2.45) is 0 Å². The number of amides is 1. The van der Waals surface area contributed by atoms with Gasteiger partial charge in [0.15, 0.2) is 11.5 Å². The average Bonchev–Trinajstić information content (AvgIpc) is 2.67. The van der Waals surface area contributed by atoms with Gasteiger partial charge in [-0.25, -0.2) is 4.39 Å². The van der Waals surface area contributed by atoms with Crippen LogP contribution in [0.2, 0.25) is 0 Å². The number of rotatable bonds is 5. The Bertz CT molecular complexity index is 773. The number of quaternary nitrogens is 1. The molecule has 0 unspecified atom stereocenters. The third-order valence-corrected chi connectivity index (χ3v) is 4.73. The Kier molecular flexibility index (Phi) is 5.73. The molecular formula is C20H24FN2O3+. The monoisotopic (exact) mass is 359 g/mol. The van der Waals surface area contributed by atoms with Gasteiger partial charge < -0.3 is 19.3 Å². The van der Waals surface area contributed by atoms with E-state index in [4.69, 9.17) is 9.47 Å². The molecule has 26 heavy (non-hydrogen) atoms. The van der Waals surface area contributed by atoms with Crippen LogP contribution < -0.4 is 14.4 Å². The second-order valence-electron chi connectivity index (χ2n) is 6.42. The van der Waals surface area contributed by atoms with Gasteiger partial charge in [0.2, 0.25) is 0 Å². The van der Waals surface area contributed by atoms with Crippen molar-refractivity contribution in [3.63, 3.8) is 0 Å². The summed E-state index contributed by atoms with van der Waals surface area (Å²) in [6, 6.07) is 11.9. The molecule has 0 aromatic heterocycles. The van der Waals surface area contributed by atoms with Gasteiger partial charge in [0, 0.05) is 11.1 Å². The molecule has 1 saturated heterocycles. The third-order valence-electron chi connectivity index (χ3n) is 4.73. The van der Waals surface area contributed by atoms with Crippen molar-refractivity contribution >= 4 is 5.91 Å². The summed E-state index contributed by atoms with van der Waals surface area (Å²) >= 11 is 0. The molecule has 5 nitrogen and oxygen atoms in total. The maximum atomic E-state index is 13.3. The fraction of sp³-hybridized carbons (Fsp3) is 0.350. The molecule has 3 rings (SSSR count). The highest BCUT2D eigenvalue weighted by molar-refractivity contribution is 5.95. The van der Waals surface area contributed by atoms with E-state index in [1.54, 1.807) is 44.6 Å². The molecule has 2 aromatic carbocycles. The Hall–Kier alpha value is -2.60. The fourth-order valence-electron chi connectivity index (χ4n) is 3.29. The summed E-state index contributed by atoms with van der Waals surface area (Å²) in [7, 11) is 3.13. The number of methoxy groups -OCH3 is 2. The van der Waals surface area contributed by atoms with Crippen molar-refractivity contribution in [1.29, 1.82) is 0 Å². The van der Waals surface area contributed by atoms with Gasteiger partial charge in [-0.15, -0.1) is 0 Å². The zero-order valence-electron chi connectivity index (χ0n) is 15.1. The molecule has 0 atom stereocenters. The van der Waals surface area contributed by atoms with E-state index >= 15 is 0 Å². The van der Waals surface area contributed by atoms with E-state index in [2.05, 4.69) is 0 Å². The number of benzene rings is 2. The van der Waals surface area contributed by atoms with Gasteiger partial charge in [0.25, 0.3) is 5.91 Å². The zero-order chi connectivity index (χ0) is 18.5. The van der Waals surface area contributed by atoms with E-state index in [0.717, 1.165) is 25.2 Å². The van der Waals surface area contributed by atoms with Crippen LogP contribution in [0.3, 0.4) is 0 Å². The standard InChI is InChI=1S/C20H23FN2O3/c1-25-18-7-6-16(13-19(18)26-2)20(24)23-10-8-22(9-11-23)14-15-4-3-5-17(21)12-15/h3-7,12-13H,8-11,14H2,1-2H3/p+1. The van der Waals surface area contributed by atoms with E-state index in [1.165, 1.54) is 11.0 Å². The van der Waals surface area contributed by atoms with Gasteiger partial charge >= 0.3 is 0 Å². The number of halogens is 1. The summed E-state index contributed by atoms with van der Waals surface area (Å²) in [6.45, 7) is 3.82. The Balaban J connectivity index is 1.60. The Morgan fingerprint density at radius 1 is 1.08 bits per heavy atom. The number of piperazine rings is 1. The van der Waals surface area contributed by atoms with E-state index < -0.39 is 0 Å².